The lowest BCUT2D eigenvalue weighted by molar-refractivity contribution is -0.189. The van der Waals surface area contributed by atoms with Gasteiger partial charge in [-0.25, -0.2) is 4.79 Å². The van der Waals surface area contributed by atoms with Crippen molar-refractivity contribution in [2.24, 2.45) is 5.92 Å². The standard InChI is InChI=1S/C14H21F3N4OS/c1-12(2,3)9-19-20-10(23-9)18-11(22)21-7-6-8(13(21,4)5)14(15,16)17/h8H,6-7H2,1-5H3,(H,18,20,22)/t8-/m1/s1. The maximum Gasteiger partial charge on any atom is 0.394 e. The highest BCUT2D eigenvalue weighted by atomic mass is 32.1. The molecule has 2 heterocycles. The molecule has 23 heavy (non-hydrogen) atoms. The first kappa shape index (κ1) is 18.0. The van der Waals surface area contributed by atoms with Crippen LogP contribution in [0.2, 0.25) is 0 Å². The first-order chi connectivity index (χ1) is 10.3. The predicted octanol–water partition coefficient (Wildman–Crippen LogP) is 4.03. The first-order valence-electron chi connectivity index (χ1n) is 7.33. The quantitative estimate of drug-likeness (QED) is 0.832. The van der Waals surface area contributed by atoms with E-state index in [4.69, 9.17) is 0 Å². The van der Waals surface area contributed by atoms with Crippen LogP contribution in [0.1, 0.15) is 46.0 Å². The third-order valence-corrected chi connectivity index (χ3v) is 5.37. The van der Waals surface area contributed by atoms with Crippen LogP contribution in [0.25, 0.3) is 0 Å². The molecule has 0 unspecified atom stereocenters. The Morgan fingerprint density at radius 1 is 1.30 bits per heavy atom. The van der Waals surface area contributed by atoms with Crippen molar-refractivity contribution in [3.63, 3.8) is 0 Å². The number of aromatic nitrogens is 2. The van der Waals surface area contributed by atoms with Gasteiger partial charge in [-0.05, 0) is 20.3 Å². The van der Waals surface area contributed by atoms with Crippen LogP contribution >= 0.6 is 11.3 Å². The van der Waals surface area contributed by atoms with E-state index in [1.807, 2.05) is 20.8 Å². The molecule has 0 aromatic carbocycles. The number of halogens is 3. The predicted molar refractivity (Wildman–Crippen MR) is 82.6 cm³/mol. The number of likely N-dealkylation sites (tertiary alicyclic amines) is 1. The summed E-state index contributed by atoms with van der Waals surface area (Å²) in [5, 5.41) is 11.5. The molecular weight excluding hydrogens is 329 g/mol. The van der Waals surface area contributed by atoms with Gasteiger partial charge in [-0.1, -0.05) is 32.1 Å². The van der Waals surface area contributed by atoms with Crippen molar-refractivity contribution >= 4 is 22.5 Å². The van der Waals surface area contributed by atoms with Crippen LogP contribution in [-0.4, -0.2) is 39.4 Å². The number of nitrogens with one attached hydrogen (secondary N) is 1. The minimum atomic E-state index is -4.32. The highest BCUT2D eigenvalue weighted by Crippen LogP contribution is 2.44. The number of carbonyl (C=O) groups is 1. The fourth-order valence-electron chi connectivity index (χ4n) is 2.75. The van der Waals surface area contributed by atoms with Crippen LogP contribution in [0.4, 0.5) is 23.1 Å². The molecule has 1 aromatic heterocycles. The smallest absolute Gasteiger partial charge is 0.319 e. The van der Waals surface area contributed by atoms with E-state index in [-0.39, 0.29) is 18.4 Å². The van der Waals surface area contributed by atoms with Gasteiger partial charge in [0.2, 0.25) is 5.13 Å². The van der Waals surface area contributed by atoms with Crippen LogP contribution in [0.5, 0.6) is 0 Å². The van der Waals surface area contributed by atoms with Crippen molar-refractivity contribution in [3.8, 4) is 0 Å². The monoisotopic (exact) mass is 350 g/mol. The molecule has 1 aromatic rings. The molecule has 2 rings (SSSR count). The van der Waals surface area contributed by atoms with E-state index in [2.05, 4.69) is 15.5 Å². The van der Waals surface area contributed by atoms with Crippen LogP contribution in [0, 0.1) is 5.92 Å². The van der Waals surface area contributed by atoms with Crippen molar-refractivity contribution in [1.29, 1.82) is 0 Å². The number of alkyl halides is 3. The molecule has 1 atom stereocenters. The SMILES string of the molecule is CC(C)(C)c1nnc(NC(=O)N2CC[C@@H](C(F)(F)F)C2(C)C)s1. The summed E-state index contributed by atoms with van der Waals surface area (Å²) in [6.07, 6.45) is -4.41. The van der Waals surface area contributed by atoms with Crippen LogP contribution in [-0.2, 0) is 5.41 Å². The Morgan fingerprint density at radius 2 is 1.91 bits per heavy atom. The zero-order valence-corrected chi connectivity index (χ0v) is 14.6. The lowest BCUT2D eigenvalue weighted by Gasteiger charge is -2.36. The molecule has 5 nitrogen and oxygen atoms in total. The van der Waals surface area contributed by atoms with Gasteiger partial charge in [0.1, 0.15) is 5.01 Å². The Bertz CT molecular complexity index is 592. The summed E-state index contributed by atoms with van der Waals surface area (Å²) >= 11 is 1.23. The molecule has 0 aliphatic carbocycles. The third kappa shape index (κ3) is 3.59. The van der Waals surface area contributed by atoms with Crippen LogP contribution in [0.3, 0.4) is 0 Å². The molecule has 0 radical (unpaired) electrons. The molecule has 1 aliphatic rings. The highest BCUT2D eigenvalue weighted by molar-refractivity contribution is 7.15. The number of hydrogen-bond acceptors (Lipinski definition) is 4. The first-order valence-corrected chi connectivity index (χ1v) is 8.14. The average molecular weight is 350 g/mol. The van der Waals surface area contributed by atoms with E-state index in [0.29, 0.717) is 5.13 Å². The van der Waals surface area contributed by atoms with E-state index in [0.717, 1.165) is 5.01 Å². The van der Waals surface area contributed by atoms with Gasteiger partial charge >= 0.3 is 12.2 Å². The molecule has 1 aliphatic heterocycles. The molecule has 2 amide bonds. The topological polar surface area (TPSA) is 58.1 Å². The summed E-state index contributed by atoms with van der Waals surface area (Å²) in [6, 6.07) is -0.571. The fraction of sp³-hybridized carbons (Fsp3) is 0.786. The summed E-state index contributed by atoms with van der Waals surface area (Å²) in [5.74, 6) is -1.53. The summed E-state index contributed by atoms with van der Waals surface area (Å²) in [7, 11) is 0. The molecule has 1 N–H and O–H groups in total. The Kier molecular flexibility index (Phi) is 4.38. The Morgan fingerprint density at radius 3 is 2.35 bits per heavy atom. The zero-order chi connectivity index (χ0) is 17.6. The van der Waals surface area contributed by atoms with Gasteiger partial charge in [-0.3, -0.25) is 5.32 Å². The normalized spacial score (nSPS) is 21.6. The van der Waals surface area contributed by atoms with Crippen LogP contribution < -0.4 is 5.32 Å². The molecule has 0 saturated carbocycles. The lowest BCUT2D eigenvalue weighted by Crippen LogP contribution is -2.51. The van der Waals surface area contributed by atoms with E-state index >= 15 is 0 Å². The van der Waals surface area contributed by atoms with E-state index in [9.17, 15) is 18.0 Å². The number of urea groups is 1. The second kappa shape index (κ2) is 5.61. The molecule has 0 bridgehead atoms. The lowest BCUT2D eigenvalue weighted by atomic mass is 9.88. The van der Waals surface area contributed by atoms with Gasteiger partial charge < -0.3 is 4.90 Å². The largest absolute Gasteiger partial charge is 0.394 e. The van der Waals surface area contributed by atoms with Gasteiger partial charge in [-0.2, -0.15) is 13.2 Å². The summed E-state index contributed by atoms with van der Waals surface area (Å²) < 4.78 is 39.2. The van der Waals surface area contributed by atoms with Gasteiger partial charge in [0.25, 0.3) is 0 Å². The Balaban J connectivity index is 2.11. The molecule has 130 valence electrons. The minimum absolute atomic E-state index is 0.0634. The summed E-state index contributed by atoms with van der Waals surface area (Å²) in [6.45, 7) is 8.86. The van der Waals surface area contributed by atoms with Crippen molar-refractivity contribution < 1.29 is 18.0 Å². The number of anilines is 1. The number of rotatable bonds is 1. The number of amides is 2. The van der Waals surface area contributed by atoms with Crippen molar-refractivity contribution in [2.75, 3.05) is 11.9 Å². The van der Waals surface area contributed by atoms with E-state index in [1.54, 1.807) is 0 Å². The maximum atomic E-state index is 13.1. The van der Waals surface area contributed by atoms with Gasteiger partial charge in [0.05, 0.1) is 11.5 Å². The zero-order valence-electron chi connectivity index (χ0n) is 13.8. The van der Waals surface area contributed by atoms with Crippen molar-refractivity contribution in [3.05, 3.63) is 5.01 Å². The third-order valence-electron chi connectivity index (χ3n) is 4.11. The summed E-state index contributed by atoms with van der Waals surface area (Å²) in [4.78, 5) is 13.6. The minimum Gasteiger partial charge on any atom is -0.319 e. The second-order valence-electron chi connectivity index (χ2n) is 7.28. The molecular formula is C14H21F3N4OS. The summed E-state index contributed by atoms with van der Waals surface area (Å²) in [5.41, 5.74) is -1.49. The Hall–Kier alpha value is -1.38. The molecule has 1 fully saturated rings. The van der Waals surface area contributed by atoms with Gasteiger partial charge in [-0.15, -0.1) is 10.2 Å². The molecule has 9 heteroatoms. The maximum absolute atomic E-state index is 13.1. The molecule has 1 saturated heterocycles. The fourth-order valence-corrected chi connectivity index (χ4v) is 3.54. The average Bonchev–Trinajstić information content (AvgIpc) is 2.91. The van der Waals surface area contributed by atoms with Crippen molar-refractivity contribution in [2.45, 2.75) is 58.2 Å². The van der Waals surface area contributed by atoms with Crippen molar-refractivity contribution in [1.82, 2.24) is 15.1 Å². The highest BCUT2D eigenvalue weighted by Gasteiger charge is 2.56. The number of hydrogen-bond donors (Lipinski definition) is 1. The second-order valence-corrected chi connectivity index (χ2v) is 8.26. The van der Waals surface area contributed by atoms with E-state index in [1.165, 1.54) is 30.1 Å². The number of nitrogens with zero attached hydrogens (tertiary/aromatic N) is 3. The van der Waals surface area contributed by atoms with E-state index < -0.39 is 23.7 Å². The van der Waals surface area contributed by atoms with Gasteiger partial charge in [0.15, 0.2) is 0 Å². The van der Waals surface area contributed by atoms with Gasteiger partial charge in [0, 0.05) is 12.0 Å². The Labute approximate surface area is 137 Å². The van der Waals surface area contributed by atoms with Crippen LogP contribution in [0.15, 0.2) is 0 Å². The number of carbonyl (C=O) groups excluding carboxylic acids is 1. The molecule has 0 spiro atoms.